The minimum absolute atomic E-state index is 0.0729. The summed E-state index contributed by atoms with van der Waals surface area (Å²) in [5.41, 5.74) is -1.03. The third-order valence-electron chi connectivity index (χ3n) is 8.31. The number of allylic oxidation sites excluding steroid dienone is 2. The van der Waals surface area contributed by atoms with Gasteiger partial charge in [-0.3, -0.25) is 0 Å². The Labute approximate surface area is 244 Å². The van der Waals surface area contributed by atoms with Crippen LogP contribution in [-0.4, -0.2) is 28.2 Å². The summed E-state index contributed by atoms with van der Waals surface area (Å²) < 4.78 is 97.1. The quantitative estimate of drug-likeness (QED) is 0.152. The van der Waals surface area contributed by atoms with Gasteiger partial charge in [-0.25, -0.2) is 0 Å². The number of hydrogen-bond acceptors (Lipinski definition) is 4. The molecule has 219 valence electrons. The van der Waals surface area contributed by atoms with Crippen molar-refractivity contribution in [1.29, 1.82) is 0 Å². The van der Waals surface area contributed by atoms with E-state index in [0.717, 1.165) is 12.2 Å². The first-order chi connectivity index (χ1) is 19.6. The molecule has 0 N–H and O–H groups in total. The molecule has 0 fully saturated rings. The van der Waals surface area contributed by atoms with Crippen LogP contribution < -0.4 is 0 Å². The van der Waals surface area contributed by atoms with Crippen LogP contribution in [0.4, 0.5) is 26.3 Å². The van der Waals surface area contributed by atoms with Gasteiger partial charge in [0.2, 0.25) is 0 Å². The van der Waals surface area contributed by atoms with Crippen LogP contribution in [0.2, 0.25) is 13.1 Å². The molecular weight excluding hydrogens is 701 g/mol. The van der Waals surface area contributed by atoms with Gasteiger partial charge in [0.1, 0.15) is 0 Å². The molecule has 0 saturated heterocycles. The van der Waals surface area contributed by atoms with Crippen molar-refractivity contribution in [2.45, 2.75) is 32.7 Å². The number of aromatic nitrogens is 2. The number of nitrogens with zero attached hydrogens (tertiary/aromatic N) is 2. The predicted octanol–water partition coefficient (Wildman–Crippen LogP) is 9.68. The molecule has 42 heavy (non-hydrogen) atoms. The zero-order valence-corrected chi connectivity index (χ0v) is 27.0. The van der Waals surface area contributed by atoms with Gasteiger partial charge in [0.15, 0.2) is 0 Å². The number of alkyl halides is 6. The molecule has 0 radical (unpaired) electrons. The average molecular weight is 722 g/mol. The third kappa shape index (κ3) is 4.35. The topological polar surface area (TPSA) is 52.1 Å². The SMILES string of the molecule is C[SiH](C)[Zr]([Cl])([Cl])([CH]1C(C(F)(F)F)=Cc2c(-c3ncco3)cccc21)[CH]1C(C(F)(F)F)=Cc2c(-c3ncco3)cccc21. The number of oxazole rings is 2. The maximum atomic E-state index is 14.9. The number of rotatable bonds is 5. The van der Waals surface area contributed by atoms with Gasteiger partial charge in [0.05, 0.1) is 0 Å². The summed E-state index contributed by atoms with van der Waals surface area (Å²) in [4.78, 5) is 8.17. The molecule has 0 bridgehead atoms. The first-order valence-corrected chi connectivity index (χ1v) is 29.2. The van der Waals surface area contributed by atoms with Crippen molar-refractivity contribution < 1.29 is 50.7 Å². The van der Waals surface area contributed by atoms with Crippen LogP contribution in [-0.2, 0) is 15.6 Å². The zero-order valence-electron chi connectivity index (χ0n) is 21.9. The van der Waals surface area contributed by atoms with E-state index in [-0.39, 0.29) is 45.2 Å². The predicted molar refractivity (Wildman–Crippen MR) is 148 cm³/mol. The van der Waals surface area contributed by atoms with Gasteiger partial charge in [0, 0.05) is 0 Å². The zero-order chi connectivity index (χ0) is 30.3. The number of fused-ring (bicyclic) bond motifs is 2. The summed E-state index contributed by atoms with van der Waals surface area (Å²) in [5, 5.41) is 0. The molecule has 0 saturated carbocycles. The van der Waals surface area contributed by atoms with Gasteiger partial charge >= 0.3 is 246 Å². The Morgan fingerprint density at radius 1 is 0.714 bits per heavy atom. The van der Waals surface area contributed by atoms with E-state index in [1.165, 1.54) is 49.2 Å². The first-order valence-electron chi connectivity index (χ1n) is 12.8. The number of benzene rings is 2. The normalized spacial score (nSPS) is 19.7. The summed E-state index contributed by atoms with van der Waals surface area (Å²) in [6.07, 6.45) is -2.68. The second-order valence-corrected chi connectivity index (χ2v) is 53.2. The van der Waals surface area contributed by atoms with Crippen molar-refractivity contribution >= 4 is 35.1 Å². The molecule has 14 heteroatoms. The minimum atomic E-state index is -6.44. The Morgan fingerprint density at radius 3 is 1.43 bits per heavy atom. The Bertz CT molecular complexity index is 1630. The van der Waals surface area contributed by atoms with Crippen LogP contribution in [0.25, 0.3) is 35.1 Å². The molecule has 2 heterocycles. The second-order valence-electron chi connectivity index (χ2n) is 10.7. The van der Waals surface area contributed by atoms with Gasteiger partial charge < -0.3 is 0 Å². The molecular formula is C28H21Cl2F6N2O2SiZr. The van der Waals surface area contributed by atoms with Crippen LogP contribution in [0.1, 0.15) is 29.5 Å². The van der Waals surface area contributed by atoms with Gasteiger partial charge in [-0.05, 0) is 0 Å². The van der Waals surface area contributed by atoms with Crippen LogP contribution in [0, 0.1) is 0 Å². The van der Waals surface area contributed by atoms with Crippen LogP contribution >= 0.6 is 17.0 Å². The molecule has 2 aliphatic carbocycles. The van der Waals surface area contributed by atoms with E-state index in [2.05, 4.69) is 9.97 Å². The van der Waals surface area contributed by atoms with Crippen LogP contribution in [0.3, 0.4) is 0 Å². The molecule has 2 aliphatic rings. The van der Waals surface area contributed by atoms with Crippen LogP contribution in [0.5, 0.6) is 0 Å². The van der Waals surface area contributed by atoms with Crippen molar-refractivity contribution in [1.82, 2.24) is 9.97 Å². The van der Waals surface area contributed by atoms with E-state index < -0.39 is 52.2 Å². The Kier molecular flexibility index (Phi) is 6.93. The Morgan fingerprint density at radius 2 is 1.12 bits per heavy atom. The van der Waals surface area contributed by atoms with Gasteiger partial charge in [-0.15, -0.1) is 0 Å². The molecule has 2 aromatic carbocycles. The first kappa shape index (κ1) is 29.7. The Balaban J connectivity index is 1.67. The monoisotopic (exact) mass is 719 g/mol. The number of hydrogen-bond donors (Lipinski definition) is 0. The molecule has 6 rings (SSSR count). The molecule has 2 aromatic heterocycles. The molecule has 4 aromatic rings. The van der Waals surface area contributed by atoms with Gasteiger partial charge in [-0.1, -0.05) is 0 Å². The fraction of sp³-hybridized carbons (Fsp3) is 0.214. The van der Waals surface area contributed by atoms with Crippen molar-refractivity contribution in [2.24, 2.45) is 0 Å². The van der Waals surface area contributed by atoms with Crippen molar-refractivity contribution in [3.05, 3.63) is 94.7 Å². The van der Waals surface area contributed by atoms with E-state index in [9.17, 15) is 26.3 Å². The number of halogens is 8. The maximum absolute atomic E-state index is 14.9. The van der Waals surface area contributed by atoms with E-state index in [0.29, 0.717) is 0 Å². The summed E-state index contributed by atoms with van der Waals surface area (Å²) in [6, 6.07) is 9.07. The van der Waals surface area contributed by atoms with E-state index in [4.69, 9.17) is 25.9 Å². The summed E-state index contributed by atoms with van der Waals surface area (Å²) in [5.74, 6) is -2.59. The molecule has 0 spiro atoms. The van der Waals surface area contributed by atoms with Crippen LogP contribution in [0.15, 0.2) is 81.3 Å². The average Bonchev–Trinajstić information content (AvgIpc) is 3.71. The fourth-order valence-corrected chi connectivity index (χ4v) is 36.5. The Hall–Kier alpha value is -2.40. The summed E-state index contributed by atoms with van der Waals surface area (Å²) in [7, 11) is 15.3. The van der Waals surface area contributed by atoms with E-state index in [1.807, 2.05) is 0 Å². The van der Waals surface area contributed by atoms with Crippen molar-refractivity contribution in [3.63, 3.8) is 0 Å². The van der Waals surface area contributed by atoms with Crippen molar-refractivity contribution in [2.75, 3.05) is 0 Å². The van der Waals surface area contributed by atoms with E-state index in [1.54, 1.807) is 25.2 Å². The second kappa shape index (κ2) is 9.81. The standard InChI is InChI=1S/2C13H7F3NO.C2H7Si.2ClH.Zr/c2*14-13(15,16)9-6-8-2-1-3-10(11(8)7-9)12-17-4-5-18-12;1-3-2;;;/h2*1-7H;3H,1-2H3;2*1H;/q;;;;;+2/p-2. The fourth-order valence-electron chi connectivity index (χ4n) is 6.40. The molecule has 0 amide bonds. The van der Waals surface area contributed by atoms with Crippen molar-refractivity contribution in [3.8, 4) is 22.9 Å². The summed E-state index contributed by atoms with van der Waals surface area (Å²) in [6.45, 7) is 3.30. The van der Waals surface area contributed by atoms with E-state index >= 15 is 0 Å². The molecule has 0 aliphatic heterocycles. The molecule has 2 unspecified atom stereocenters. The van der Waals surface area contributed by atoms with Gasteiger partial charge in [0.25, 0.3) is 0 Å². The third-order valence-corrected chi connectivity index (χ3v) is 59.9. The molecule has 2 atom stereocenters. The molecule has 4 nitrogen and oxygen atoms in total. The van der Waals surface area contributed by atoms with Gasteiger partial charge in [-0.2, -0.15) is 0 Å². The summed E-state index contributed by atoms with van der Waals surface area (Å²) >= 11 is -6.44.